The Morgan fingerprint density at radius 1 is 1.46 bits per heavy atom. The zero-order chi connectivity index (χ0) is 8.93. The van der Waals surface area contributed by atoms with Gasteiger partial charge in [-0.2, -0.15) is 0 Å². The van der Waals surface area contributed by atoms with E-state index in [-0.39, 0.29) is 0 Å². The highest BCUT2D eigenvalue weighted by Gasteiger charge is 2.16. The smallest absolute Gasteiger partial charge is 0.0966 e. The minimum absolute atomic E-state index is 0.707. The van der Waals surface area contributed by atoms with Crippen molar-refractivity contribution < 1.29 is 4.74 Å². The molecule has 2 rings (SSSR count). The minimum atomic E-state index is 0.707. The average Bonchev–Trinajstić information content (AvgIpc) is 2.21. The zero-order valence-corrected chi connectivity index (χ0v) is 8.09. The van der Waals surface area contributed by atoms with Crippen LogP contribution in [0.4, 0.5) is 0 Å². The van der Waals surface area contributed by atoms with Crippen LogP contribution in [0.3, 0.4) is 0 Å². The van der Waals surface area contributed by atoms with E-state index in [0.29, 0.717) is 5.92 Å². The molecular weight excluding hydrogens is 164 g/mol. The Morgan fingerprint density at radius 3 is 3.15 bits per heavy atom. The van der Waals surface area contributed by atoms with Gasteiger partial charge in [0.2, 0.25) is 0 Å². The first-order valence-electron chi connectivity index (χ1n) is 5.30. The van der Waals surface area contributed by atoms with Crippen molar-refractivity contribution in [2.45, 2.75) is 25.7 Å². The van der Waals surface area contributed by atoms with Crippen LogP contribution >= 0.6 is 0 Å². The lowest BCUT2D eigenvalue weighted by Crippen LogP contribution is -2.32. The summed E-state index contributed by atoms with van der Waals surface area (Å²) in [5.74, 6) is 1.92. The first kappa shape index (κ1) is 9.00. The molecule has 0 radical (unpaired) electrons. The third-order valence-corrected chi connectivity index (χ3v) is 2.70. The van der Waals surface area contributed by atoms with Crippen molar-refractivity contribution >= 4 is 5.84 Å². The highest BCUT2D eigenvalue weighted by atomic mass is 16.5. The number of nitrogens with zero attached hydrogens (tertiary/aromatic N) is 1. The van der Waals surface area contributed by atoms with Crippen LogP contribution in [0.2, 0.25) is 0 Å². The normalized spacial score (nSPS) is 29.2. The molecule has 3 heteroatoms. The lowest BCUT2D eigenvalue weighted by atomic mass is 9.98. The van der Waals surface area contributed by atoms with Gasteiger partial charge in [0.05, 0.1) is 5.84 Å². The number of hydrogen-bond donors (Lipinski definition) is 1. The third kappa shape index (κ3) is 2.69. The molecule has 74 valence electrons. The van der Waals surface area contributed by atoms with E-state index in [2.05, 4.69) is 10.3 Å². The number of ether oxygens (including phenoxy) is 1. The maximum Gasteiger partial charge on any atom is 0.0966 e. The molecule has 1 fully saturated rings. The molecule has 0 amide bonds. The van der Waals surface area contributed by atoms with Crippen LogP contribution in [0.15, 0.2) is 4.99 Å². The molecule has 13 heavy (non-hydrogen) atoms. The van der Waals surface area contributed by atoms with Crippen molar-refractivity contribution in [2.75, 3.05) is 26.3 Å². The standard InChI is InChI=1S/C10H18N2O/c1-3-9(8-13-6-1)7-10-11-4-2-5-12-10/h9H,1-8H2,(H,11,12). The van der Waals surface area contributed by atoms with Crippen LogP contribution in [-0.4, -0.2) is 32.1 Å². The van der Waals surface area contributed by atoms with E-state index < -0.39 is 0 Å². The number of hydrogen-bond acceptors (Lipinski definition) is 3. The summed E-state index contributed by atoms with van der Waals surface area (Å²) in [6.07, 6.45) is 4.81. The molecule has 1 unspecified atom stereocenters. The van der Waals surface area contributed by atoms with Crippen LogP contribution in [-0.2, 0) is 4.74 Å². The van der Waals surface area contributed by atoms with Gasteiger partial charge < -0.3 is 10.1 Å². The first-order chi connectivity index (χ1) is 6.45. The van der Waals surface area contributed by atoms with Gasteiger partial charge in [-0.1, -0.05) is 0 Å². The molecular formula is C10H18N2O. The average molecular weight is 182 g/mol. The second-order valence-electron chi connectivity index (χ2n) is 3.90. The van der Waals surface area contributed by atoms with Gasteiger partial charge in [0.25, 0.3) is 0 Å². The first-order valence-corrected chi connectivity index (χ1v) is 5.30. The highest BCUT2D eigenvalue weighted by molar-refractivity contribution is 5.82. The predicted octanol–water partition coefficient (Wildman–Crippen LogP) is 1.19. The van der Waals surface area contributed by atoms with Crippen molar-refractivity contribution in [3.63, 3.8) is 0 Å². The number of nitrogens with one attached hydrogen (secondary N) is 1. The molecule has 1 saturated heterocycles. The SMILES string of the molecule is C1CN=C(CC2CCCOC2)NC1. The quantitative estimate of drug-likeness (QED) is 0.696. The highest BCUT2D eigenvalue weighted by Crippen LogP contribution is 2.17. The van der Waals surface area contributed by atoms with E-state index in [4.69, 9.17) is 4.74 Å². The van der Waals surface area contributed by atoms with Gasteiger partial charge in [-0.05, 0) is 25.2 Å². The van der Waals surface area contributed by atoms with Gasteiger partial charge >= 0.3 is 0 Å². The molecule has 0 saturated carbocycles. The molecule has 0 aliphatic carbocycles. The maximum atomic E-state index is 5.44. The van der Waals surface area contributed by atoms with Crippen molar-refractivity contribution in [1.82, 2.24) is 5.32 Å². The predicted molar refractivity (Wildman–Crippen MR) is 53.1 cm³/mol. The van der Waals surface area contributed by atoms with Crippen molar-refractivity contribution in [2.24, 2.45) is 10.9 Å². The van der Waals surface area contributed by atoms with E-state index in [1.165, 1.54) is 25.1 Å². The van der Waals surface area contributed by atoms with Gasteiger partial charge in [-0.25, -0.2) is 0 Å². The van der Waals surface area contributed by atoms with Crippen LogP contribution in [0.1, 0.15) is 25.7 Å². The second-order valence-corrected chi connectivity index (χ2v) is 3.90. The summed E-state index contributed by atoms with van der Waals surface area (Å²) in [6.45, 7) is 4.00. The Labute approximate surface area is 79.6 Å². The fourth-order valence-corrected chi connectivity index (χ4v) is 1.96. The van der Waals surface area contributed by atoms with Gasteiger partial charge in [-0.3, -0.25) is 4.99 Å². The Hall–Kier alpha value is -0.570. The Morgan fingerprint density at radius 2 is 2.46 bits per heavy atom. The number of aliphatic imine (C=N–C) groups is 1. The van der Waals surface area contributed by atoms with Crippen LogP contribution in [0, 0.1) is 5.92 Å². The van der Waals surface area contributed by atoms with E-state index in [9.17, 15) is 0 Å². The Kier molecular flexibility index (Phi) is 3.19. The van der Waals surface area contributed by atoms with Crippen LogP contribution in [0.5, 0.6) is 0 Å². The molecule has 2 aliphatic heterocycles. The van der Waals surface area contributed by atoms with Gasteiger partial charge in [0.15, 0.2) is 0 Å². The van der Waals surface area contributed by atoms with Crippen molar-refractivity contribution in [3.05, 3.63) is 0 Å². The fourth-order valence-electron chi connectivity index (χ4n) is 1.96. The summed E-state index contributed by atoms with van der Waals surface area (Å²) in [5, 5.41) is 3.36. The lowest BCUT2D eigenvalue weighted by Gasteiger charge is -2.24. The van der Waals surface area contributed by atoms with Gasteiger partial charge in [0, 0.05) is 32.7 Å². The molecule has 1 N–H and O–H groups in total. The monoisotopic (exact) mass is 182 g/mol. The summed E-state index contributed by atoms with van der Waals surface area (Å²) in [7, 11) is 0. The largest absolute Gasteiger partial charge is 0.381 e. The fraction of sp³-hybridized carbons (Fsp3) is 0.900. The molecule has 0 aromatic heterocycles. The van der Waals surface area contributed by atoms with Gasteiger partial charge in [0.1, 0.15) is 0 Å². The Bertz CT molecular complexity index is 185. The minimum Gasteiger partial charge on any atom is -0.381 e. The van der Waals surface area contributed by atoms with E-state index in [0.717, 1.165) is 32.7 Å². The van der Waals surface area contributed by atoms with E-state index in [1.54, 1.807) is 0 Å². The van der Waals surface area contributed by atoms with Crippen molar-refractivity contribution in [3.8, 4) is 0 Å². The molecule has 0 spiro atoms. The molecule has 0 bridgehead atoms. The molecule has 0 aromatic rings. The van der Waals surface area contributed by atoms with Crippen molar-refractivity contribution in [1.29, 1.82) is 0 Å². The van der Waals surface area contributed by atoms with E-state index in [1.807, 2.05) is 0 Å². The molecule has 2 heterocycles. The molecule has 3 nitrogen and oxygen atoms in total. The molecule has 1 atom stereocenters. The summed E-state index contributed by atoms with van der Waals surface area (Å²) >= 11 is 0. The van der Waals surface area contributed by atoms with Crippen LogP contribution < -0.4 is 5.32 Å². The topological polar surface area (TPSA) is 33.6 Å². The lowest BCUT2D eigenvalue weighted by molar-refractivity contribution is 0.0571. The third-order valence-electron chi connectivity index (χ3n) is 2.70. The summed E-state index contributed by atoms with van der Waals surface area (Å²) < 4.78 is 5.44. The van der Waals surface area contributed by atoms with E-state index >= 15 is 0 Å². The summed E-state index contributed by atoms with van der Waals surface area (Å²) in [5.41, 5.74) is 0. The summed E-state index contributed by atoms with van der Waals surface area (Å²) in [4.78, 5) is 4.47. The summed E-state index contributed by atoms with van der Waals surface area (Å²) in [6, 6.07) is 0. The molecule has 0 aromatic carbocycles. The zero-order valence-electron chi connectivity index (χ0n) is 8.09. The molecule has 2 aliphatic rings. The Balaban J connectivity index is 1.78. The van der Waals surface area contributed by atoms with Gasteiger partial charge in [-0.15, -0.1) is 0 Å². The second kappa shape index (κ2) is 4.61. The maximum absolute atomic E-state index is 5.44. The number of rotatable bonds is 2. The number of amidine groups is 1. The van der Waals surface area contributed by atoms with Crippen LogP contribution in [0.25, 0.3) is 0 Å².